The van der Waals surface area contributed by atoms with Gasteiger partial charge in [0.15, 0.2) is 0 Å². The Morgan fingerprint density at radius 3 is 3.07 bits per heavy atom. The van der Waals surface area contributed by atoms with Gasteiger partial charge in [-0.3, -0.25) is 4.99 Å². The molecule has 0 aliphatic carbocycles. The summed E-state index contributed by atoms with van der Waals surface area (Å²) in [4.78, 5) is 10.4. The predicted octanol–water partition coefficient (Wildman–Crippen LogP) is 2.29. The van der Waals surface area contributed by atoms with Crippen molar-refractivity contribution in [2.24, 2.45) is 10.9 Å². The fraction of sp³-hybridized carbons (Fsp3) is 0.636. The maximum absolute atomic E-state index is 5.08. The van der Waals surface area contributed by atoms with E-state index in [0.29, 0.717) is 18.6 Å². The van der Waals surface area contributed by atoms with Crippen LogP contribution in [0.2, 0.25) is 0 Å². The smallest absolute Gasteiger partial charge is 0.119 e. The van der Waals surface area contributed by atoms with Crippen LogP contribution in [0, 0.1) is 5.92 Å². The van der Waals surface area contributed by atoms with Crippen LogP contribution >= 0.6 is 11.3 Å². The number of hydrogen-bond donors (Lipinski definition) is 0. The molecule has 0 spiro atoms. The van der Waals surface area contributed by atoms with Crippen molar-refractivity contribution in [2.75, 3.05) is 7.11 Å². The third-order valence-corrected chi connectivity index (χ3v) is 3.66. The Morgan fingerprint density at radius 1 is 1.60 bits per heavy atom. The van der Waals surface area contributed by atoms with Crippen molar-refractivity contribution in [2.45, 2.75) is 32.9 Å². The number of ether oxygens (including phenoxy) is 1. The van der Waals surface area contributed by atoms with Crippen molar-refractivity contribution in [3.8, 4) is 0 Å². The van der Waals surface area contributed by atoms with E-state index >= 15 is 0 Å². The van der Waals surface area contributed by atoms with Gasteiger partial charge in [0.1, 0.15) is 5.01 Å². The van der Waals surface area contributed by atoms with Crippen LogP contribution in [0.25, 0.3) is 0 Å². The van der Waals surface area contributed by atoms with Crippen LogP contribution in [-0.4, -0.2) is 24.4 Å². The maximum Gasteiger partial charge on any atom is 0.119 e. The van der Waals surface area contributed by atoms with Crippen molar-refractivity contribution in [1.82, 2.24) is 4.98 Å². The summed E-state index contributed by atoms with van der Waals surface area (Å²) in [6.45, 7) is 5.03. The average molecular weight is 224 g/mol. The number of hydrogen-bond acceptors (Lipinski definition) is 4. The van der Waals surface area contributed by atoms with Gasteiger partial charge in [-0.1, -0.05) is 13.8 Å². The molecule has 1 aromatic heterocycles. The highest BCUT2D eigenvalue weighted by atomic mass is 32.1. The van der Waals surface area contributed by atoms with Gasteiger partial charge in [0.05, 0.1) is 18.3 Å². The standard InChI is InChI=1S/C11H16N2OS/c1-7(2)8-4-10-9(5-12-8)13-11(15-10)6-14-3/h5,7-8H,4,6H2,1-3H3. The predicted molar refractivity (Wildman–Crippen MR) is 62.8 cm³/mol. The van der Waals surface area contributed by atoms with Crippen molar-refractivity contribution < 1.29 is 4.74 Å². The molecule has 1 unspecified atom stereocenters. The van der Waals surface area contributed by atoms with Crippen LogP contribution in [0.5, 0.6) is 0 Å². The zero-order valence-corrected chi connectivity index (χ0v) is 10.2. The first-order valence-corrected chi connectivity index (χ1v) is 6.03. The molecule has 15 heavy (non-hydrogen) atoms. The molecule has 2 heterocycles. The van der Waals surface area contributed by atoms with Crippen LogP contribution in [0.1, 0.15) is 29.4 Å². The molecular formula is C11H16N2OS. The first-order valence-electron chi connectivity index (χ1n) is 5.21. The maximum atomic E-state index is 5.08. The molecule has 0 saturated carbocycles. The third-order valence-electron chi connectivity index (χ3n) is 2.59. The highest BCUT2D eigenvalue weighted by Gasteiger charge is 2.21. The Balaban J connectivity index is 2.18. The largest absolute Gasteiger partial charge is 0.378 e. The highest BCUT2D eigenvalue weighted by molar-refractivity contribution is 7.11. The number of rotatable bonds is 3. The quantitative estimate of drug-likeness (QED) is 0.789. The summed E-state index contributed by atoms with van der Waals surface area (Å²) in [5, 5.41) is 1.05. The Kier molecular flexibility index (Phi) is 3.17. The minimum Gasteiger partial charge on any atom is -0.378 e. The Hall–Kier alpha value is -0.740. The lowest BCUT2D eigenvalue weighted by Gasteiger charge is -2.18. The highest BCUT2D eigenvalue weighted by Crippen LogP contribution is 2.26. The van der Waals surface area contributed by atoms with E-state index in [2.05, 4.69) is 23.8 Å². The second kappa shape index (κ2) is 4.41. The Bertz CT molecular complexity index is 371. The van der Waals surface area contributed by atoms with Gasteiger partial charge in [-0.25, -0.2) is 4.98 Å². The summed E-state index contributed by atoms with van der Waals surface area (Å²) in [6.07, 6.45) is 2.95. The van der Waals surface area contributed by atoms with Gasteiger partial charge in [0.25, 0.3) is 0 Å². The molecule has 2 rings (SSSR count). The summed E-state index contributed by atoms with van der Waals surface area (Å²) in [7, 11) is 1.70. The van der Waals surface area contributed by atoms with Crippen LogP contribution in [0.4, 0.5) is 0 Å². The van der Waals surface area contributed by atoms with E-state index in [0.717, 1.165) is 17.1 Å². The lowest BCUT2D eigenvalue weighted by Crippen LogP contribution is -2.19. The zero-order chi connectivity index (χ0) is 10.8. The number of aromatic nitrogens is 1. The topological polar surface area (TPSA) is 34.5 Å². The molecule has 1 aliphatic heterocycles. The van der Waals surface area contributed by atoms with Crippen molar-refractivity contribution in [3.05, 3.63) is 15.6 Å². The molecule has 82 valence electrons. The molecule has 1 aliphatic rings. The summed E-state index contributed by atoms with van der Waals surface area (Å²) >= 11 is 1.75. The van der Waals surface area contributed by atoms with Gasteiger partial charge in [0, 0.05) is 24.6 Å². The minimum atomic E-state index is 0.424. The second-order valence-electron chi connectivity index (χ2n) is 4.14. The number of nitrogens with zero attached hydrogens (tertiary/aromatic N) is 2. The molecule has 0 radical (unpaired) electrons. The van der Waals surface area contributed by atoms with Gasteiger partial charge in [-0.2, -0.15) is 0 Å². The average Bonchev–Trinajstić information content (AvgIpc) is 2.59. The number of aliphatic imine (C=N–C) groups is 1. The normalized spacial score (nSPS) is 19.6. The first-order chi connectivity index (χ1) is 7.20. The van der Waals surface area contributed by atoms with Crippen molar-refractivity contribution >= 4 is 17.6 Å². The first kappa shape index (κ1) is 10.8. The van der Waals surface area contributed by atoms with E-state index in [1.165, 1.54) is 4.88 Å². The molecule has 3 nitrogen and oxygen atoms in total. The molecule has 0 bridgehead atoms. The van der Waals surface area contributed by atoms with Gasteiger partial charge < -0.3 is 4.74 Å². The van der Waals surface area contributed by atoms with E-state index in [1.54, 1.807) is 18.4 Å². The summed E-state index contributed by atoms with van der Waals surface area (Å²) in [5.41, 5.74) is 1.05. The molecule has 0 saturated heterocycles. The van der Waals surface area contributed by atoms with E-state index < -0.39 is 0 Å². The summed E-state index contributed by atoms with van der Waals surface area (Å²) < 4.78 is 5.08. The molecule has 4 heteroatoms. The van der Waals surface area contributed by atoms with Gasteiger partial charge >= 0.3 is 0 Å². The monoisotopic (exact) mass is 224 g/mol. The zero-order valence-electron chi connectivity index (χ0n) is 9.36. The van der Waals surface area contributed by atoms with E-state index in [4.69, 9.17) is 4.74 Å². The van der Waals surface area contributed by atoms with Crippen LogP contribution in [0.15, 0.2) is 4.99 Å². The molecule has 0 amide bonds. The fourth-order valence-electron chi connectivity index (χ4n) is 1.66. The van der Waals surface area contributed by atoms with E-state index in [1.807, 2.05) is 6.21 Å². The number of thiazole rings is 1. The molecule has 0 N–H and O–H groups in total. The molecule has 0 aromatic carbocycles. The van der Waals surface area contributed by atoms with Gasteiger partial charge in [-0.15, -0.1) is 11.3 Å². The Labute approximate surface area is 94.2 Å². The minimum absolute atomic E-state index is 0.424. The SMILES string of the molecule is COCc1nc2c(s1)CC(C(C)C)N=C2. The lowest BCUT2D eigenvalue weighted by atomic mass is 9.98. The second-order valence-corrected chi connectivity index (χ2v) is 5.31. The van der Waals surface area contributed by atoms with E-state index in [-0.39, 0.29) is 0 Å². The number of methoxy groups -OCH3 is 1. The van der Waals surface area contributed by atoms with Crippen LogP contribution in [0.3, 0.4) is 0 Å². The number of fused-ring (bicyclic) bond motifs is 1. The molecule has 0 fully saturated rings. The summed E-state index contributed by atoms with van der Waals surface area (Å²) in [6, 6.07) is 0.424. The van der Waals surface area contributed by atoms with Crippen molar-refractivity contribution in [3.63, 3.8) is 0 Å². The van der Waals surface area contributed by atoms with Crippen molar-refractivity contribution in [1.29, 1.82) is 0 Å². The Morgan fingerprint density at radius 2 is 2.40 bits per heavy atom. The van der Waals surface area contributed by atoms with E-state index in [9.17, 15) is 0 Å². The summed E-state index contributed by atoms with van der Waals surface area (Å²) in [5.74, 6) is 0.599. The fourth-order valence-corrected chi connectivity index (χ4v) is 2.73. The molecule has 1 atom stereocenters. The van der Waals surface area contributed by atoms with Gasteiger partial charge in [-0.05, 0) is 5.92 Å². The third kappa shape index (κ3) is 2.26. The van der Waals surface area contributed by atoms with Crippen LogP contribution in [-0.2, 0) is 17.8 Å². The lowest BCUT2D eigenvalue weighted by molar-refractivity contribution is 0.184. The van der Waals surface area contributed by atoms with Gasteiger partial charge in [0.2, 0.25) is 0 Å². The van der Waals surface area contributed by atoms with Crippen LogP contribution < -0.4 is 0 Å². The molecular weight excluding hydrogens is 208 g/mol. The molecule has 1 aromatic rings.